The van der Waals surface area contributed by atoms with Gasteiger partial charge in [-0.1, -0.05) is 48.5 Å². The number of benzene rings is 2. The monoisotopic (exact) mass is 359 g/mol. The molecule has 0 saturated heterocycles. The Hall–Kier alpha value is -2.47. The summed E-state index contributed by atoms with van der Waals surface area (Å²) in [6.45, 7) is 0. The zero-order valence-corrected chi connectivity index (χ0v) is 14.8. The number of carbonyl (C=O) groups excluding carboxylic acids is 2. The van der Waals surface area contributed by atoms with Crippen LogP contribution in [0.4, 0.5) is 0 Å². The first-order chi connectivity index (χ1) is 12.1. The molecule has 0 aliphatic carbocycles. The molecule has 132 valence electrons. The topological polar surface area (TPSA) is 72.5 Å². The van der Waals surface area contributed by atoms with E-state index in [2.05, 4.69) is 5.32 Å². The van der Waals surface area contributed by atoms with E-state index in [1.165, 1.54) is 7.11 Å². The third kappa shape index (κ3) is 6.15. The summed E-state index contributed by atoms with van der Waals surface area (Å²) >= 11 is 0. The van der Waals surface area contributed by atoms with Crippen molar-refractivity contribution in [2.45, 2.75) is 23.8 Å². The van der Waals surface area contributed by atoms with E-state index in [-0.39, 0.29) is 24.5 Å². The van der Waals surface area contributed by atoms with Crippen LogP contribution in [0.15, 0.2) is 65.6 Å². The molecular weight excluding hydrogens is 338 g/mol. The second kappa shape index (κ2) is 9.74. The molecule has 0 radical (unpaired) electrons. The third-order valence-electron chi connectivity index (χ3n) is 3.63. The van der Waals surface area contributed by atoms with Gasteiger partial charge in [-0.3, -0.25) is 9.00 Å². The first-order valence-electron chi connectivity index (χ1n) is 7.94. The maximum Gasteiger partial charge on any atom is 0.328 e. The summed E-state index contributed by atoms with van der Waals surface area (Å²) < 4.78 is 17.0. The number of amides is 1. The highest BCUT2D eigenvalue weighted by Crippen LogP contribution is 2.09. The van der Waals surface area contributed by atoms with Gasteiger partial charge in [0.2, 0.25) is 5.91 Å². The third-order valence-corrected chi connectivity index (χ3v) is 5.03. The number of methoxy groups -OCH3 is 1. The summed E-state index contributed by atoms with van der Waals surface area (Å²) in [7, 11) is 0.0363. The van der Waals surface area contributed by atoms with Crippen molar-refractivity contribution in [1.82, 2.24) is 5.32 Å². The van der Waals surface area contributed by atoms with Gasteiger partial charge in [-0.15, -0.1) is 0 Å². The Bertz CT molecular complexity index is 719. The maximum absolute atomic E-state index is 12.3. The summed E-state index contributed by atoms with van der Waals surface area (Å²) in [6.07, 6.45) is 0.421. The van der Waals surface area contributed by atoms with E-state index >= 15 is 0 Å². The van der Waals surface area contributed by atoms with E-state index in [1.54, 1.807) is 12.1 Å². The predicted molar refractivity (Wildman–Crippen MR) is 96.4 cm³/mol. The van der Waals surface area contributed by atoms with Gasteiger partial charge in [-0.25, -0.2) is 4.79 Å². The van der Waals surface area contributed by atoms with Gasteiger partial charge < -0.3 is 10.1 Å². The molecule has 5 nitrogen and oxygen atoms in total. The molecule has 25 heavy (non-hydrogen) atoms. The van der Waals surface area contributed by atoms with E-state index in [4.69, 9.17) is 4.74 Å². The van der Waals surface area contributed by atoms with Crippen LogP contribution >= 0.6 is 0 Å². The van der Waals surface area contributed by atoms with Crippen LogP contribution in [-0.4, -0.2) is 35.0 Å². The fourth-order valence-corrected chi connectivity index (χ4v) is 3.48. The molecule has 2 aromatic rings. The highest BCUT2D eigenvalue weighted by molar-refractivity contribution is 7.85. The summed E-state index contributed by atoms with van der Waals surface area (Å²) in [4.78, 5) is 24.8. The van der Waals surface area contributed by atoms with Crippen molar-refractivity contribution in [3.05, 3.63) is 66.2 Å². The van der Waals surface area contributed by atoms with Gasteiger partial charge in [-0.05, 0) is 24.1 Å². The molecule has 0 saturated carbocycles. The molecule has 0 aliphatic heterocycles. The fourth-order valence-electron chi connectivity index (χ4n) is 2.33. The van der Waals surface area contributed by atoms with Gasteiger partial charge in [0.05, 0.1) is 24.3 Å². The number of hydrogen-bond donors (Lipinski definition) is 1. The minimum absolute atomic E-state index is 0.177. The van der Waals surface area contributed by atoms with Crippen molar-refractivity contribution < 1.29 is 18.5 Å². The lowest BCUT2D eigenvalue weighted by Gasteiger charge is -2.16. The highest BCUT2D eigenvalue weighted by atomic mass is 32.2. The Morgan fingerprint density at radius 2 is 1.64 bits per heavy atom. The zero-order valence-electron chi connectivity index (χ0n) is 14.0. The highest BCUT2D eigenvalue weighted by Gasteiger charge is 2.22. The van der Waals surface area contributed by atoms with Crippen molar-refractivity contribution in [2.75, 3.05) is 12.9 Å². The van der Waals surface area contributed by atoms with Gasteiger partial charge in [0.1, 0.15) is 6.04 Å². The van der Waals surface area contributed by atoms with Crippen molar-refractivity contribution in [3.8, 4) is 0 Å². The first kappa shape index (κ1) is 18.9. The molecule has 1 amide bonds. The molecule has 0 aromatic heterocycles. The van der Waals surface area contributed by atoms with Crippen LogP contribution in [0, 0.1) is 0 Å². The zero-order chi connectivity index (χ0) is 18.1. The molecule has 2 atom stereocenters. The molecule has 0 bridgehead atoms. The van der Waals surface area contributed by atoms with Gasteiger partial charge in [0, 0.05) is 10.6 Å². The first-order valence-corrected chi connectivity index (χ1v) is 9.26. The number of carbonyl (C=O) groups is 2. The van der Waals surface area contributed by atoms with Crippen molar-refractivity contribution >= 4 is 22.7 Å². The van der Waals surface area contributed by atoms with Gasteiger partial charge in [-0.2, -0.15) is 0 Å². The number of nitrogens with one attached hydrogen (secondary N) is 1. The molecule has 6 heteroatoms. The number of hydrogen-bond acceptors (Lipinski definition) is 4. The van der Waals surface area contributed by atoms with Crippen molar-refractivity contribution in [2.24, 2.45) is 0 Å². The Morgan fingerprint density at radius 1 is 1.04 bits per heavy atom. The summed E-state index contributed by atoms with van der Waals surface area (Å²) in [5.74, 6) is -0.548. The maximum atomic E-state index is 12.3. The Morgan fingerprint density at radius 3 is 2.24 bits per heavy atom. The van der Waals surface area contributed by atoms with E-state index in [1.807, 2.05) is 48.5 Å². The summed E-state index contributed by atoms with van der Waals surface area (Å²) in [5, 5.41) is 2.68. The normalized spacial score (nSPS) is 12.8. The Labute approximate surface area is 149 Å². The average molecular weight is 359 g/mol. The van der Waals surface area contributed by atoms with Crippen LogP contribution in [0.25, 0.3) is 0 Å². The number of ether oxygens (including phenoxy) is 1. The summed E-state index contributed by atoms with van der Waals surface area (Å²) in [6, 6.07) is 17.5. The van der Waals surface area contributed by atoms with E-state index < -0.39 is 22.8 Å². The van der Waals surface area contributed by atoms with Crippen LogP contribution in [0.2, 0.25) is 0 Å². The van der Waals surface area contributed by atoms with E-state index in [0.29, 0.717) is 4.90 Å². The Kier molecular flexibility index (Phi) is 7.35. The second-order valence-electron chi connectivity index (χ2n) is 5.46. The van der Waals surface area contributed by atoms with E-state index in [9.17, 15) is 13.8 Å². The van der Waals surface area contributed by atoms with E-state index in [0.717, 1.165) is 5.56 Å². The predicted octanol–water partition coefficient (Wildman–Crippen LogP) is 2.08. The van der Waals surface area contributed by atoms with Crippen LogP contribution in [0.3, 0.4) is 0 Å². The molecule has 1 N–H and O–H groups in total. The molecule has 2 rings (SSSR count). The number of esters is 1. The van der Waals surface area contributed by atoms with Gasteiger partial charge in [0.15, 0.2) is 0 Å². The second-order valence-corrected chi connectivity index (χ2v) is 7.03. The van der Waals surface area contributed by atoms with Gasteiger partial charge >= 0.3 is 5.97 Å². The SMILES string of the molecule is COC(=O)[C@H](CC[S@@](=O)c1ccccc1)NC(=O)Cc1ccccc1. The molecular formula is C19H21NO4S. The minimum atomic E-state index is -1.23. The lowest BCUT2D eigenvalue weighted by molar-refractivity contribution is -0.145. The van der Waals surface area contributed by atoms with Crippen LogP contribution < -0.4 is 5.32 Å². The molecule has 0 unspecified atom stereocenters. The van der Waals surface area contributed by atoms with Crippen molar-refractivity contribution in [3.63, 3.8) is 0 Å². The molecule has 0 spiro atoms. The standard InChI is InChI=1S/C19H21NO4S/c1-24-19(22)17(12-13-25(23)16-10-6-3-7-11-16)20-18(21)14-15-8-4-2-5-9-15/h2-11,17H,12-14H2,1H3,(H,20,21)/t17-,25+/m0/s1. The van der Waals surface area contributed by atoms with Gasteiger partial charge in [0.25, 0.3) is 0 Å². The lowest BCUT2D eigenvalue weighted by Crippen LogP contribution is -2.43. The molecule has 0 fully saturated rings. The molecule has 0 aliphatic rings. The minimum Gasteiger partial charge on any atom is -0.467 e. The van der Waals surface area contributed by atoms with Crippen LogP contribution in [0.1, 0.15) is 12.0 Å². The average Bonchev–Trinajstić information content (AvgIpc) is 2.65. The molecule has 2 aromatic carbocycles. The fraction of sp³-hybridized carbons (Fsp3) is 0.263. The quantitative estimate of drug-likeness (QED) is 0.733. The Balaban J connectivity index is 1.93. The van der Waals surface area contributed by atoms with Crippen molar-refractivity contribution in [1.29, 1.82) is 0 Å². The largest absolute Gasteiger partial charge is 0.467 e. The lowest BCUT2D eigenvalue weighted by atomic mass is 10.1. The smallest absolute Gasteiger partial charge is 0.328 e. The van der Waals surface area contributed by atoms with Crippen LogP contribution in [0.5, 0.6) is 0 Å². The van der Waals surface area contributed by atoms with Crippen LogP contribution in [-0.2, 0) is 31.5 Å². The number of rotatable bonds is 8. The molecule has 0 heterocycles. The summed E-state index contributed by atoms with van der Waals surface area (Å²) in [5.41, 5.74) is 0.858.